The Morgan fingerprint density at radius 2 is 1.54 bits per heavy atom. The fourth-order valence-electron chi connectivity index (χ4n) is 2.42. The number of ether oxygens (including phenoxy) is 3. The molecule has 26 heavy (non-hydrogen) atoms. The molecule has 0 saturated carbocycles. The van der Waals surface area contributed by atoms with Crippen molar-refractivity contribution in [2.24, 2.45) is 5.73 Å². The van der Waals surface area contributed by atoms with Crippen molar-refractivity contribution in [3.63, 3.8) is 0 Å². The largest absolute Gasteiger partial charge is 0.496 e. The summed E-state index contributed by atoms with van der Waals surface area (Å²) in [6, 6.07) is 22.1. The molecule has 2 N–H and O–H groups in total. The fraction of sp³-hybridized carbons (Fsp3) is 0.0952. The lowest BCUT2D eigenvalue weighted by Gasteiger charge is -2.11. The third-order valence-electron chi connectivity index (χ3n) is 3.74. The van der Waals surface area contributed by atoms with Crippen molar-refractivity contribution < 1.29 is 19.0 Å². The summed E-state index contributed by atoms with van der Waals surface area (Å²) in [5, 5.41) is 0. The van der Waals surface area contributed by atoms with E-state index in [1.807, 2.05) is 54.6 Å². The third-order valence-corrected chi connectivity index (χ3v) is 3.74. The zero-order valence-corrected chi connectivity index (χ0v) is 14.3. The molecule has 0 spiro atoms. The summed E-state index contributed by atoms with van der Waals surface area (Å²) < 4.78 is 16.7. The molecule has 0 unspecified atom stereocenters. The van der Waals surface area contributed by atoms with Crippen molar-refractivity contribution in [2.45, 2.75) is 6.61 Å². The second-order valence-electron chi connectivity index (χ2n) is 5.57. The number of para-hydroxylation sites is 1. The summed E-state index contributed by atoms with van der Waals surface area (Å²) in [5.74, 6) is 2.13. The van der Waals surface area contributed by atoms with Crippen molar-refractivity contribution >= 4 is 5.91 Å². The molecule has 3 rings (SSSR count). The van der Waals surface area contributed by atoms with E-state index in [-0.39, 0.29) is 0 Å². The normalized spacial score (nSPS) is 10.2. The van der Waals surface area contributed by atoms with Gasteiger partial charge in [-0.15, -0.1) is 0 Å². The summed E-state index contributed by atoms with van der Waals surface area (Å²) in [6.45, 7) is 0.342. The van der Waals surface area contributed by atoms with Gasteiger partial charge in [-0.25, -0.2) is 0 Å². The first-order valence-corrected chi connectivity index (χ1v) is 8.08. The van der Waals surface area contributed by atoms with Gasteiger partial charge >= 0.3 is 0 Å². The van der Waals surface area contributed by atoms with E-state index in [0.29, 0.717) is 23.7 Å². The van der Waals surface area contributed by atoms with Gasteiger partial charge in [-0.3, -0.25) is 4.79 Å². The van der Waals surface area contributed by atoms with Crippen LogP contribution in [0.15, 0.2) is 72.8 Å². The van der Waals surface area contributed by atoms with Crippen LogP contribution < -0.4 is 19.9 Å². The van der Waals surface area contributed by atoms with Crippen molar-refractivity contribution in [1.82, 2.24) is 0 Å². The number of amides is 1. The van der Waals surface area contributed by atoms with E-state index in [1.165, 1.54) is 7.11 Å². The number of hydrogen-bond donors (Lipinski definition) is 1. The van der Waals surface area contributed by atoms with Gasteiger partial charge in [0.1, 0.15) is 29.6 Å². The highest BCUT2D eigenvalue weighted by Crippen LogP contribution is 2.25. The van der Waals surface area contributed by atoms with Crippen LogP contribution >= 0.6 is 0 Å². The van der Waals surface area contributed by atoms with E-state index in [2.05, 4.69) is 0 Å². The van der Waals surface area contributed by atoms with Crippen LogP contribution in [-0.2, 0) is 6.61 Å². The number of methoxy groups -OCH3 is 1. The molecule has 132 valence electrons. The maximum absolute atomic E-state index is 11.3. The number of carbonyl (C=O) groups is 1. The lowest BCUT2D eigenvalue weighted by Crippen LogP contribution is -2.12. The van der Waals surface area contributed by atoms with Crippen molar-refractivity contribution in [1.29, 1.82) is 0 Å². The second kappa shape index (κ2) is 8.07. The molecule has 0 aromatic heterocycles. The average molecular weight is 349 g/mol. The molecule has 0 bridgehead atoms. The monoisotopic (exact) mass is 349 g/mol. The highest BCUT2D eigenvalue weighted by atomic mass is 16.5. The van der Waals surface area contributed by atoms with Crippen molar-refractivity contribution in [3.8, 4) is 23.0 Å². The van der Waals surface area contributed by atoms with Crippen molar-refractivity contribution in [2.75, 3.05) is 7.11 Å². The van der Waals surface area contributed by atoms with Crippen molar-refractivity contribution in [3.05, 3.63) is 83.9 Å². The summed E-state index contributed by atoms with van der Waals surface area (Å²) in [7, 11) is 1.50. The first kappa shape index (κ1) is 17.4. The number of primary amides is 1. The van der Waals surface area contributed by atoms with Gasteiger partial charge in [-0.2, -0.15) is 0 Å². The topological polar surface area (TPSA) is 70.8 Å². The van der Waals surface area contributed by atoms with Gasteiger partial charge in [-0.1, -0.05) is 24.3 Å². The number of hydrogen-bond acceptors (Lipinski definition) is 4. The Bertz CT molecular complexity index is 876. The Balaban J connectivity index is 1.62. The molecule has 3 aromatic carbocycles. The van der Waals surface area contributed by atoms with Crippen LogP contribution in [0, 0.1) is 0 Å². The van der Waals surface area contributed by atoms with Crippen LogP contribution in [0.1, 0.15) is 15.9 Å². The Morgan fingerprint density at radius 1 is 0.885 bits per heavy atom. The lowest BCUT2D eigenvalue weighted by molar-refractivity contribution is 0.0997. The zero-order valence-electron chi connectivity index (χ0n) is 14.3. The molecular formula is C21H19NO4. The van der Waals surface area contributed by atoms with E-state index in [0.717, 1.165) is 17.1 Å². The summed E-state index contributed by atoms with van der Waals surface area (Å²) in [6.07, 6.45) is 0. The molecule has 1 amide bonds. The standard InChI is InChI=1S/C21H19NO4/c1-24-20-13-15(7-12-19(20)21(22)23)14-25-16-8-10-18(11-9-16)26-17-5-3-2-4-6-17/h2-13H,14H2,1H3,(H2,22,23). The average Bonchev–Trinajstić information content (AvgIpc) is 2.68. The molecular weight excluding hydrogens is 330 g/mol. The van der Waals surface area contributed by atoms with E-state index >= 15 is 0 Å². The number of rotatable bonds is 7. The SMILES string of the molecule is COc1cc(COc2ccc(Oc3ccccc3)cc2)ccc1C(N)=O. The first-order chi connectivity index (χ1) is 12.7. The Morgan fingerprint density at radius 3 is 2.19 bits per heavy atom. The Labute approximate surface area is 151 Å². The second-order valence-corrected chi connectivity index (χ2v) is 5.57. The smallest absolute Gasteiger partial charge is 0.252 e. The summed E-state index contributed by atoms with van der Waals surface area (Å²) in [5.41, 5.74) is 6.53. The predicted molar refractivity (Wildman–Crippen MR) is 98.8 cm³/mol. The Kier molecular flexibility index (Phi) is 5.39. The van der Waals surface area contributed by atoms with Crippen LogP contribution in [0.2, 0.25) is 0 Å². The Hall–Kier alpha value is -3.47. The molecule has 3 aromatic rings. The maximum atomic E-state index is 11.3. The number of benzene rings is 3. The molecule has 0 aliphatic rings. The molecule has 0 atom stereocenters. The number of nitrogens with two attached hydrogens (primary N) is 1. The minimum Gasteiger partial charge on any atom is -0.496 e. The van der Waals surface area contributed by atoms with Gasteiger partial charge in [0.25, 0.3) is 5.91 Å². The highest BCUT2D eigenvalue weighted by Gasteiger charge is 2.09. The molecule has 0 aliphatic heterocycles. The van der Waals surface area contributed by atoms with Gasteiger partial charge in [0.2, 0.25) is 0 Å². The molecule has 0 fully saturated rings. The quantitative estimate of drug-likeness (QED) is 0.695. The first-order valence-electron chi connectivity index (χ1n) is 8.08. The van der Waals surface area contributed by atoms with Gasteiger partial charge in [0.15, 0.2) is 0 Å². The van der Waals surface area contributed by atoms with Crippen LogP contribution in [-0.4, -0.2) is 13.0 Å². The fourth-order valence-corrected chi connectivity index (χ4v) is 2.42. The van der Waals surface area contributed by atoms with E-state index < -0.39 is 5.91 Å². The lowest BCUT2D eigenvalue weighted by atomic mass is 10.1. The number of carbonyl (C=O) groups excluding carboxylic acids is 1. The zero-order chi connectivity index (χ0) is 18.4. The molecule has 5 heteroatoms. The van der Waals surface area contributed by atoms with Crippen LogP contribution in [0.25, 0.3) is 0 Å². The summed E-state index contributed by atoms with van der Waals surface area (Å²) in [4.78, 5) is 11.3. The van der Waals surface area contributed by atoms with E-state index in [4.69, 9.17) is 19.9 Å². The minimum absolute atomic E-state index is 0.342. The summed E-state index contributed by atoms with van der Waals surface area (Å²) >= 11 is 0. The van der Waals surface area contributed by atoms with Crippen LogP contribution in [0.5, 0.6) is 23.0 Å². The highest BCUT2D eigenvalue weighted by molar-refractivity contribution is 5.95. The maximum Gasteiger partial charge on any atom is 0.252 e. The van der Waals surface area contributed by atoms with Gasteiger partial charge in [-0.05, 0) is 54.1 Å². The third kappa shape index (κ3) is 4.33. The molecule has 5 nitrogen and oxygen atoms in total. The van der Waals surface area contributed by atoms with Crippen LogP contribution in [0.3, 0.4) is 0 Å². The molecule has 0 saturated heterocycles. The molecule has 0 radical (unpaired) electrons. The van der Waals surface area contributed by atoms with E-state index in [1.54, 1.807) is 18.2 Å². The molecule has 0 heterocycles. The van der Waals surface area contributed by atoms with Gasteiger partial charge in [0, 0.05) is 0 Å². The predicted octanol–water partition coefficient (Wildman–Crippen LogP) is 4.17. The van der Waals surface area contributed by atoms with E-state index in [9.17, 15) is 4.79 Å². The van der Waals surface area contributed by atoms with Gasteiger partial charge in [0.05, 0.1) is 12.7 Å². The van der Waals surface area contributed by atoms with Crippen LogP contribution in [0.4, 0.5) is 0 Å². The minimum atomic E-state index is -0.525. The van der Waals surface area contributed by atoms with Gasteiger partial charge < -0.3 is 19.9 Å². The molecule has 0 aliphatic carbocycles.